The molecule has 7 aromatic carbocycles. The second kappa shape index (κ2) is 12.6. The lowest BCUT2D eigenvalue weighted by atomic mass is 9.94. The third kappa shape index (κ3) is 5.62. The SMILES string of the molecule is C[Si]1(C)c2ccccc2-c2nc(-c3cc(-c4ccccc4)cc(-c4ccccc4)c3)nc(-c3cc(-c4ccccc4)cc(-c4ccccc4)c3)c21. The van der Waals surface area contributed by atoms with Gasteiger partial charge >= 0.3 is 0 Å². The van der Waals surface area contributed by atoms with Crippen molar-refractivity contribution in [1.29, 1.82) is 0 Å². The van der Waals surface area contributed by atoms with E-state index < -0.39 is 8.07 Å². The zero-order valence-corrected chi connectivity index (χ0v) is 29.7. The molecule has 0 unspecified atom stereocenters. The van der Waals surface area contributed by atoms with Crippen LogP contribution in [0.2, 0.25) is 13.1 Å². The Morgan fingerprint density at radius 1 is 0.333 bits per heavy atom. The van der Waals surface area contributed by atoms with E-state index in [0.717, 1.165) is 39.5 Å². The van der Waals surface area contributed by atoms with Gasteiger partial charge in [-0.15, -0.1) is 0 Å². The van der Waals surface area contributed by atoms with Crippen molar-refractivity contribution in [3.8, 4) is 78.4 Å². The molecule has 0 saturated heterocycles. The normalized spacial score (nSPS) is 12.7. The number of aromatic nitrogens is 2. The Bertz CT molecular complexity index is 2410. The number of fused-ring (bicyclic) bond motifs is 3. The summed E-state index contributed by atoms with van der Waals surface area (Å²) in [7, 11) is -2.18. The highest BCUT2D eigenvalue weighted by Gasteiger charge is 2.41. The molecule has 51 heavy (non-hydrogen) atoms. The van der Waals surface area contributed by atoms with Gasteiger partial charge in [-0.1, -0.05) is 159 Å². The highest BCUT2D eigenvalue weighted by atomic mass is 28.3. The van der Waals surface area contributed by atoms with Crippen LogP contribution in [0, 0.1) is 0 Å². The Balaban J connectivity index is 1.34. The lowest BCUT2D eigenvalue weighted by Gasteiger charge is -2.22. The molecule has 0 atom stereocenters. The predicted molar refractivity (Wildman–Crippen MR) is 217 cm³/mol. The molecule has 0 spiro atoms. The summed E-state index contributed by atoms with van der Waals surface area (Å²) in [6.07, 6.45) is 0. The zero-order chi connectivity index (χ0) is 34.4. The van der Waals surface area contributed by atoms with Crippen LogP contribution in [0.25, 0.3) is 78.4 Å². The van der Waals surface area contributed by atoms with Gasteiger partial charge in [-0.05, 0) is 96.8 Å². The Kier molecular flexibility index (Phi) is 7.64. The van der Waals surface area contributed by atoms with Crippen LogP contribution in [0.3, 0.4) is 0 Å². The Hall–Kier alpha value is -6.16. The minimum Gasteiger partial charge on any atom is -0.228 e. The monoisotopic (exact) mass is 668 g/mol. The molecule has 0 aliphatic carbocycles. The molecule has 0 bridgehead atoms. The molecule has 0 N–H and O–H groups in total. The van der Waals surface area contributed by atoms with Crippen molar-refractivity contribution >= 4 is 18.4 Å². The van der Waals surface area contributed by atoms with E-state index in [-0.39, 0.29) is 0 Å². The highest BCUT2D eigenvalue weighted by molar-refractivity contribution is 7.04. The van der Waals surface area contributed by atoms with Crippen molar-refractivity contribution in [2.75, 3.05) is 0 Å². The van der Waals surface area contributed by atoms with Crippen molar-refractivity contribution in [2.24, 2.45) is 0 Å². The number of hydrogen-bond acceptors (Lipinski definition) is 2. The standard InChI is InChI=1S/C48H36N2Si/c1-51(2)44-26-16-15-25-43(44)46-47(51)45(41-29-37(33-17-7-3-8-18-33)27-38(30-41)34-19-9-4-10-20-34)49-48(50-46)42-31-39(35-21-11-5-12-22-35)28-40(32-42)36-23-13-6-14-24-36/h3-32H,1-2H3. The molecular weight excluding hydrogens is 633 g/mol. The fraction of sp³-hybridized carbons (Fsp3) is 0.0417. The third-order valence-corrected chi connectivity index (χ3v) is 13.7. The van der Waals surface area contributed by atoms with Crippen molar-refractivity contribution in [3.05, 3.63) is 182 Å². The average molecular weight is 669 g/mol. The summed E-state index contributed by atoms with van der Waals surface area (Å²) < 4.78 is 0. The summed E-state index contributed by atoms with van der Waals surface area (Å²) in [5.41, 5.74) is 14.8. The average Bonchev–Trinajstić information content (AvgIpc) is 3.44. The molecular formula is C48H36N2Si. The number of hydrogen-bond donors (Lipinski definition) is 0. The summed E-state index contributed by atoms with van der Waals surface area (Å²) >= 11 is 0. The van der Waals surface area contributed by atoms with Crippen LogP contribution in [-0.4, -0.2) is 18.0 Å². The third-order valence-electron chi connectivity index (χ3n) is 10.2. The van der Waals surface area contributed by atoms with E-state index in [0.29, 0.717) is 0 Å². The van der Waals surface area contributed by atoms with Crippen molar-refractivity contribution < 1.29 is 0 Å². The van der Waals surface area contributed by atoms with Gasteiger partial charge in [0.05, 0.1) is 11.4 Å². The van der Waals surface area contributed by atoms with Gasteiger partial charge in [0, 0.05) is 11.1 Å². The first kappa shape index (κ1) is 30.9. The highest BCUT2D eigenvalue weighted by Crippen LogP contribution is 2.38. The van der Waals surface area contributed by atoms with Crippen LogP contribution in [0.5, 0.6) is 0 Å². The molecule has 2 nitrogen and oxygen atoms in total. The minimum absolute atomic E-state index is 0.742. The van der Waals surface area contributed by atoms with Crippen LogP contribution in [0.15, 0.2) is 182 Å². The second-order valence-electron chi connectivity index (χ2n) is 13.9. The van der Waals surface area contributed by atoms with Crippen LogP contribution < -0.4 is 10.4 Å². The number of benzene rings is 7. The summed E-state index contributed by atoms with van der Waals surface area (Å²) in [5, 5.41) is 2.72. The number of nitrogens with zero attached hydrogens (tertiary/aromatic N) is 2. The van der Waals surface area contributed by atoms with Gasteiger partial charge in [-0.25, -0.2) is 9.97 Å². The van der Waals surface area contributed by atoms with Gasteiger partial charge in [0.2, 0.25) is 0 Å². The second-order valence-corrected chi connectivity index (χ2v) is 18.1. The molecule has 1 aliphatic heterocycles. The van der Waals surface area contributed by atoms with Crippen LogP contribution in [-0.2, 0) is 0 Å². The first-order chi connectivity index (χ1) is 25.0. The largest absolute Gasteiger partial charge is 0.228 e. The van der Waals surface area contributed by atoms with E-state index in [1.807, 2.05) is 0 Å². The van der Waals surface area contributed by atoms with Gasteiger partial charge in [0.25, 0.3) is 0 Å². The molecule has 1 aliphatic rings. The molecule has 8 aromatic rings. The molecule has 0 radical (unpaired) electrons. The van der Waals surface area contributed by atoms with Gasteiger partial charge in [0.15, 0.2) is 5.82 Å². The van der Waals surface area contributed by atoms with Gasteiger partial charge < -0.3 is 0 Å². The maximum atomic E-state index is 5.63. The number of rotatable bonds is 6. The molecule has 242 valence electrons. The first-order valence-corrected chi connectivity index (χ1v) is 20.6. The molecule has 3 heteroatoms. The molecule has 9 rings (SSSR count). The lowest BCUT2D eigenvalue weighted by molar-refractivity contribution is 1.20. The van der Waals surface area contributed by atoms with Crippen molar-refractivity contribution in [1.82, 2.24) is 9.97 Å². The van der Waals surface area contributed by atoms with Crippen molar-refractivity contribution in [2.45, 2.75) is 13.1 Å². The van der Waals surface area contributed by atoms with Crippen LogP contribution >= 0.6 is 0 Å². The smallest absolute Gasteiger partial charge is 0.160 e. The zero-order valence-electron chi connectivity index (χ0n) is 28.7. The maximum absolute atomic E-state index is 5.63. The minimum atomic E-state index is -2.18. The summed E-state index contributed by atoms with van der Waals surface area (Å²) in [6.45, 7) is 4.90. The van der Waals surface area contributed by atoms with Gasteiger partial charge in [-0.3, -0.25) is 0 Å². The van der Waals surface area contributed by atoms with Crippen LogP contribution in [0.4, 0.5) is 0 Å². The summed E-state index contributed by atoms with van der Waals surface area (Å²) in [5.74, 6) is 0.742. The topological polar surface area (TPSA) is 25.8 Å². The van der Waals surface area contributed by atoms with E-state index in [1.165, 1.54) is 49.3 Å². The maximum Gasteiger partial charge on any atom is 0.160 e. The Labute approximate surface area is 300 Å². The van der Waals surface area contributed by atoms with Crippen LogP contribution in [0.1, 0.15) is 0 Å². The van der Waals surface area contributed by atoms with Crippen molar-refractivity contribution in [3.63, 3.8) is 0 Å². The van der Waals surface area contributed by atoms with Gasteiger partial charge in [0.1, 0.15) is 8.07 Å². The Morgan fingerprint density at radius 3 is 1.14 bits per heavy atom. The fourth-order valence-electron chi connectivity index (χ4n) is 7.67. The van der Waals surface area contributed by atoms with E-state index >= 15 is 0 Å². The molecule has 0 amide bonds. The van der Waals surface area contributed by atoms with Gasteiger partial charge in [-0.2, -0.15) is 0 Å². The molecule has 0 saturated carbocycles. The quantitative estimate of drug-likeness (QED) is 0.165. The van der Waals surface area contributed by atoms with E-state index in [4.69, 9.17) is 9.97 Å². The van der Waals surface area contributed by atoms with E-state index in [1.54, 1.807) is 0 Å². The fourth-order valence-corrected chi connectivity index (χ4v) is 10.9. The Morgan fingerprint density at radius 2 is 0.686 bits per heavy atom. The van der Waals surface area contributed by atoms with E-state index in [2.05, 4.69) is 195 Å². The summed E-state index contributed by atoms with van der Waals surface area (Å²) in [6, 6.07) is 65.2. The first-order valence-electron chi connectivity index (χ1n) is 17.6. The molecule has 2 heterocycles. The summed E-state index contributed by atoms with van der Waals surface area (Å²) in [4.78, 5) is 11.1. The molecule has 0 fully saturated rings. The van der Waals surface area contributed by atoms with E-state index in [9.17, 15) is 0 Å². The molecule has 1 aromatic heterocycles. The lowest BCUT2D eigenvalue weighted by Crippen LogP contribution is -2.50. The predicted octanol–water partition coefficient (Wildman–Crippen LogP) is 11.3.